The van der Waals surface area contributed by atoms with Crippen LogP contribution in [0.25, 0.3) is 0 Å². The number of methoxy groups -OCH3 is 1. The van der Waals surface area contributed by atoms with Crippen LogP contribution in [0.1, 0.15) is 44.2 Å². The first-order valence-electron chi connectivity index (χ1n) is 8.87. The van der Waals surface area contributed by atoms with Crippen LogP contribution in [0, 0.1) is 6.92 Å². The smallest absolute Gasteiger partial charge is 0.229 e. The van der Waals surface area contributed by atoms with E-state index in [1.165, 1.54) is 38.5 Å². The Morgan fingerprint density at radius 1 is 1.08 bits per heavy atom. The molecular weight excluding hydrogens is 336 g/mol. The maximum absolute atomic E-state index is 6.10. The van der Waals surface area contributed by atoms with Gasteiger partial charge in [-0.05, 0) is 38.0 Å². The molecule has 25 heavy (non-hydrogen) atoms. The summed E-state index contributed by atoms with van der Waals surface area (Å²) in [6, 6.07) is 7.91. The summed E-state index contributed by atoms with van der Waals surface area (Å²) < 4.78 is 5.38. The Balaban J connectivity index is 1.78. The fraction of sp³-hybridized carbons (Fsp3) is 0.474. The third-order valence-electron chi connectivity index (χ3n) is 4.47. The van der Waals surface area contributed by atoms with Crippen LogP contribution in [0.2, 0.25) is 5.02 Å². The van der Waals surface area contributed by atoms with Gasteiger partial charge in [0, 0.05) is 22.8 Å². The molecule has 1 heterocycles. The lowest BCUT2D eigenvalue weighted by Crippen LogP contribution is -2.19. The predicted molar refractivity (Wildman–Crippen MR) is 103 cm³/mol. The van der Waals surface area contributed by atoms with Gasteiger partial charge < -0.3 is 15.4 Å². The molecule has 1 aliphatic carbocycles. The fourth-order valence-corrected chi connectivity index (χ4v) is 3.40. The Morgan fingerprint density at radius 2 is 1.84 bits per heavy atom. The standard InChI is InChI=1S/C19H25ClN4O/c1-13-11-18(22-15-7-5-3-4-6-8-15)24-19(21-13)23-16-12-14(20)9-10-17(16)25-2/h9-12,15H,3-8H2,1-2H3,(H2,21,22,23,24). The number of halogens is 1. The molecule has 1 saturated carbocycles. The molecule has 0 amide bonds. The Hall–Kier alpha value is -2.01. The SMILES string of the molecule is COc1ccc(Cl)cc1Nc1nc(C)cc(NC2CCCCCC2)n1. The van der Waals surface area contributed by atoms with Crippen LogP contribution in [0.3, 0.4) is 0 Å². The number of aromatic nitrogens is 2. The Morgan fingerprint density at radius 3 is 2.56 bits per heavy atom. The van der Waals surface area contributed by atoms with Crippen molar-refractivity contribution in [2.45, 2.75) is 51.5 Å². The van der Waals surface area contributed by atoms with Gasteiger partial charge in [0.1, 0.15) is 11.6 Å². The van der Waals surface area contributed by atoms with Gasteiger partial charge in [0.25, 0.3) is 0 Å². The molecule has 5 nitrogen and oxygen atoms in total. The second-order valence-electron chi connectivity index (χ2n) is 6.52. The molecule has 0 aliphatic heterocycles. The van der Waals surface area contributed by atoms with E-state index in [4.69, 9.17) is 16.3 Å². The Kier molecular flexibility index (Phi) is 5.97. The maximum atomic E-state index is 6.10. The van der Waals surface area contributed by atoms with Crippen molar-refractivity contribution in [2.24, 2.45) is 0 Å². The van der Waals surface area contributed by atoms with Crippen molar-refractivity contribution in [3.63, 3.8) is 0 Å². The minimum atomic E-state index is 0.491. The third kappa shape index (κ3) is 4.98. The van der Waals surface area contributed by atoms with Gasteiger partial charge >= 0.3 is 0 Å². The van der Waals surface area contributed by atoms with Crippen molar-refractivity contribution < 1.29 is 4.74 Å². The van der Waals surface area contributed by atoms with E-state index in [0.717, 1.165) is 17.2 Å². The summed E-state index contributed by atoms with van der Waals surface area (Å²) in [5, 5.41) is 7.44. The molecule has 1 aromatic heterocycles. The second-order valence-corrected chi connectivity index (χ2v) is 6.96. The zero-order valence-electron chi connectivity index (χ0n) is 14.8. The van der Waals surface area contributed by atoms with Crippen molar-refractivity contribution in [2.75, 3.05) is 17.7 Å². The van der Waals surface area contributed by atoms with Gasteiger partial charge in [-0.1, -0.05) is 37.3 Å². The molecule has 0 unspecified atom stereocenters. The van der Waals surface area contributed by atoms with Gasteiger partial charge in [0.15, 0.2) is 0 Å². The predicted octanol–water partition coefficient (Wildman–Crippen LogP) is 5.33. The van der Waals surface area contributed by atoms with Crippen molar-refractivity contribution >= 4 is 29.1 Å². The molecule has 0 atom stereocenters. The first kappa shape index (κ1) is 17.8. The number of anilines is 3. The number of nitrogens with one attached hydrogen (secondary N) is 2. The van der Waals surface area contributed by atoms with Crippen LogP contribution < -0.4 is 15.4 Å². The molecule has 1 aliphatic rings. The summed E-state index contributed by atoms with van der Waals surface area (Å²) in [6.45, 7) is 1.97. The number of hydrogen-bond acceptors (Lipinski definition) is 5. The summed E-state index contributed by atoms with van der Waals surface area (Å²) in [6.07, 6.45) is 7.64. The van der Waals surface area contributed by atoms with E-state index in [1.54, 1.807) is 13.2 Å². The number of benzene rings is 1. The summed E-state index contributed by atoms with van der Waals surface area (Å²) in [4.78, 5) is 9.11. The highest BCUT2D eigenvalue weighted by atomic mass is 35.5. The van der Waals surface area contributed by atoms with E-state index in [0.29, 0.717) is 22.8 Å². The molecule has 1 aromatic carbocycles. The minimum absolute atomic E-state index is 0.491. The molecule has 1 fully saturated rings. The van der Waals surface area contributed by atoms with Crippen molar-refractivity contribution in [3.8, 4) is 5.75 Å². The zero-order chi connectivity index (χ0) is 17.6. The molecule has 0 saturated heterocycles. The van der Waals surface area contributed by atoms with E-state index < -0.39 is 0 Å². The largest absolute Gasteiger partial charge is 0.495 e. The lowest BCUT2D eigenvalue weighted by Gasteiger charge is -2.18. The highest BCUT2D eigenvalue weighted by Crippen LogP contribution is 2.30. The molecule has 2 aromatic rings. The molecule has 134 valence electrons. The average molecular weight is 361 g/mol. The summed E-state index contributed by atoms with van der Waals surface area (Å²) in [5.74, 6) is 2.10. The maximum Gasteiger partial charge on any atom is 0.229 e. The third-order valence-corrected chi connectivity index (χ3v) is 4.70. The number of aryl methyl sites for hydroxylation is 1. The minimum Gasteiger partial charge on any atom is -0.495 e. The summed E-state index contributed by atoms with van der Waals surface area (Å²) in [5.41, 5.74) is 1.66. The zero-order valence-corrected chi connectivity index (χ0v) is 15.6. The molecule has 0 bridgehead atoms. The number of hydrogen-bond donors (Lipinski definition) is 2. The number of nitrogens with zero attached hydrogens (tertiary/aromatic N) is 2. The van der Waals surface area contributed by atoms with Crippen molar-refractivity contribution in [1.82, 2.24) is 9.97 Å². The lowest BCUT2D eigenvalue weighted by molar-refractivity contribution is 0.417. The van der Waals surface area contributed by atoms with Crippen LogP contribution in [0.5, 0.6) is 5.75 Å². The van der Waals surface area contributed by atoms with Crippen LogP contribution in [0.4, 0.5) is 17.5 Å². The monoisotopic (exact) mass is 360 g/mol. The lowest BCUT2D eigenvalue weighted by atomic mass is 10.1. The van der Waals surface area contributed by atoms with Gasteiger partial charge in [-0.3, -0.25) is 0 Å². The van der Waals surface area contributed by atoms with Crippen LogP contribution >= 0.6 is 11.6 Å². The van der Waals surface area contributed by atoms with E-state index in [2.05, 4.69) is 20.6 Å². The second kappa shape index (κ2) is 8.39. The molecular formula is C19H25ClN4O. The first-order chi connectivity index (χ1) is 12.1. The van der Waals surface area contributed by atoms with E-state index in [1.807, 2.05) is 25.1 Å². The van der Waals surface area contributed by atoms with E-state index in [-0.39, 0.29) is 0 Å². The normalized spacial score (nSPS) is 15.5. The number of ether oxygens (including phenoxy) is 1. The average Bonchev–Trinajstić information content (AvgIpc) is 2.83. The van der Waals surface area contributed by atoms with Crippen molar-refractivity contribution in [3.05, 3.63) is 35.0 Å². The van der Waals surface area contributed by atoms with Gasteiger partial charge in [-0.15, -0.1) is 0 Å². The van der Waals surface area contributed by atoms with E-state index >= 15 is 0 Å². The molecule has 3 rings (SSSR count). The molecule has 6 heteroatoms. The van der Waals surface area contributed by atoms with Gasteiger partial charge in [-0.25, -0.2) is 4.98 Å². The van der Waals surface area contributed by atoms with Crippen molar-refractivity contribution in [1.29, 1.82) is 0 Å². The van der Waals surface area contributed by atoms with Crippen LogP contribution in [-0.2, 0) is 0 Å². The quantitative estimate of drug-likeness (QED) is 0.706. The molecule has 0 spiro atoms. The van der Waals surface area contributed by atoms with Gasteiger partial charge in [0.2, 0.25) is 5.95 Å². The van der Waals surface area contributed by atoms with Crippen LogP contribution in [0.15, 0.2) is 24.3 Å². The molecule has 0 radical (unpaired) electrons. The Bertz CT molecular complexity index is 715. The molecule has 2 N–H and O–H groups in total. The topological polar surface area (TPSA) is 59.1 Å². The summed E-state index contributed by atoms with van der Waals surface area (Å²) in [7, 11) is 1.63. The highest BCUT2D eigenvalue weighted by molar-refractivity contribution is 6.31. The summed E-state index contributed by atoms with van der Waals surface area (Å²) >= 11 is 6.10. The Labute approximate surface area is 154 Å². The van der Waals surface area contributed by atoms with E-state index in [9.17, 15) is 0 Å². The van der Waals surface area contributed by atoms with Crippen LogP contribution in [-0.4, -0.2) is 23.1 Å². The van der Waals surface area contributed by atoms with Gasteiger partial charge in [0.05, 0.1) is 12.8 Å². The number of rotatable bonds is 5. The first-order valence-corrected chi connectivity index (χ1v) is 9.24. The fourth-order valence-electron chi connectivity index (χ4n) is 3.23. The highest BCUT2D eigenvalue weighted by Gasteiger charge is 2.14. The van der Waals surface area contributed by atoms with Gasteiger partial charge in [-0.2, -0.15) is 4.98 Å².